The Labute approximate surface area is 120 Å². The van der Waals surface area contributed by atoms with Crippen molar-refractivity contribution in [2.24, 2.45) is 0 Å². The number of hydrogen-bond acceptors (Lipinski definition) is 2. The summed E-state index contributed by atoms with van der Waals surface area (Å²) >= 11 is 5.78. The highest BCUT2D eigenvalue weighted by Crippen LogP contribution is 2.14. The smallest absolute Gasteiger partial charge is 0.251 e. The molecule has 0 saturated heterocycles. The first-order valence-electron chi connectivity index (χ1n) is 6.57. The van der Waals surface area contributed by atoms with Crippen LogP contribution in [0, 0.1) is 0 Å². The van der Waals surface area contributed by atoms with Crippen LogP contribution in [0.3, 0.4) is 0 Å². The molecule has 0 spiro atoms. The van der Waals surface area contributed by atoms with Gasteiger partial charge in [-0.2, -0.15) is 0 Å². The molecule has 0 aliphatic rings. The van der Waals surface area contributed by atoms with Crippen LogP contribution >= 0.6 is 11.6 Å². The number of nitrogens with one attached hydrogen (secondary N) is 1. The SMILES string of the molecule is CC(CCCC(C)(C)O)NC(=O)c1ccc(Cl)cc1. The molecule has 0 aliphatic heterocycles. The number of aliphatic hydroxyl groups is 1. The van der Waals surface area contributed by atoms with Gasteiger partial charge in [-0.05, 0) is 64.3 Å². The normalized spacial score (nSPS) is 13.1. The molecule has 0 fully saturated rings. The highest BCUT2D eigenvalue weighted by atomic mass is 35.5. The van der Waals surface area contributed by atoms with Gasteiger partial charge in [0.1, 0.15) is 0 Å². The predicted molar refractivity (Wildman–Crippen MR) is 78.5 cm³/mol. The highest BCUT2D eigenvalue weighted by Gasteiger charge is 2.14. The zero-order valence-corrected chi connectivity index (χ0v) is 12.5. The van der Waals surface area contributed by atoms with E-state index in [2.05, 4.69) is 5.32 Å². The van der Waals surface area contributed by atoms with E-state index in [-0.39, 0.29) is 11.9 Å². The van der Waals surface area contributed by atoms with Crippen molar-refractivity contribution in [1.82, 2.24) is 5.32 Å². The summed E-state index contributed by atoms with van der Waals surface area (Å²) in [7, 11) is 0. The van der Waals surface area contributed by atoms with Crippen molar-refractivity contribution >= 4 is 17.5 Å². The van der Waals surface area contributed by atoms with Crippen LogP contribution in [-0.4, -0.2) is 22.7 Å². The Morgan fingerprint density at radius 1 is 1.37 bits per heavy atom. The summed E-state index contributed by atoms with van der Waals surface area (Å²) in [5.41, 5.74) is -0.0290. The molecule has 106 valence electrons. The second kappa shape index (κ2) is 6.92. The fraction of sp³-hybridized carbons (Fsp3) is 0.533. The van der Waals surface area contributed by atoms with Gasteiger partial charge in [-0.15, -0.1) is 0 Å². The van der Waals surface area contributed by atoms with Crippen molar-refractivity contribution in [2.75, 3.05) is 0 Å². The lowest BCUT2D eigenvalue weighted by atomic mass is 9.99. The summed E-state index contributed by atoms with van der Waals surface area (Å²) in [5, 5.41) is 13.2. The molecule has 0 radical (unpaired) electrons. The van der Waals surface area contributed by atoms with E-state index in [0.29, 0.717) is 10.6 Å². The number of benzene rings is 1. The molecule has 0 bridgehead atoms. The van der Waals surface area contributed by atoms with Gasteiger partial charge in [-0.25, -0.2) is 0 Å². The molecule has 1 amide bonds. The maximum absolute atomic E-state index is 11.9. The average Bonchev–Trinajstić information content (AvgIpc) is 2.27. The van der Waals surface area contributed by atoms with Crippen molar-refractivity contribution < 1.29 is 9.90 Å². The molecular formula is C15H22ClNO2. The van der Waals surface area contributed by atoms with Crippen molar-refractivity contribution in [3.8, 4) is 0 Å². The van der Waals surface area contributed by atoms with Gasteiger partial charge in [0.05, 0.1) is 5.60 Å². The molecule has 0 saturated carbocycles. The molecule has 1 rings (SSSR count). The molecule has 3 nitrogen and oxygen atoms in total. The number of amides is 1. The number of rotatable bonds is 6. The van der Waals surface area contributed by atoms with E-state index in [1.807, 2.05) is 6.92 Å². The quantitative estimate of drug-likeness (QED) is 0.841. The minimum Gasteiger partial charge on any atom is -0.390 e. The number of carbonyl (C=O) groups is 1. The van der Waals surface area contributed by atoms with Crippen LogP contribution in [0.25, 0.3) is 0 Å². The van der Waals surface area contributed by atoms with Gasteiger partial charge in [0, 0.05) is 16.6 Å². The van der Waals surface area contributed by atoms with Crippen LogP contribution in [0.2, 0.25) is 5.02 Å². The topological polar surface area (TPSA) is 49.3 Å². The van der Waals surface area contributed by atoms with E-state index in [4.69, 9.17) is 11.6 Å². The molecule has 1 aromatic carbocycles. The number of hydrogen-bond donors (Lipinski definition) is 2. The standard InChI is InChI=1S/C15H22ClNO2/c1-11(5-4-10-15(2,3)19)17-14(18)12-6-8-13(16)9-7-12/h6-9,11,19H,4-5,10H2,1-3H3,(H,17,18). The van der Waals surface area contributed by atoms with Crippen LogP contribution in [0.15, 0.2) is 24.3 Å². The third kappa shape index (κ3) is 6.60. The molecule has 1 atom stereocenters. The second-order valence-electron chi connectivity index (χ2n) is 5.59. The van der Waals surface area contributed by atoms with Crippen LogP contribution in [0.4, 0.5) is 0 Å². The van der Waals surface area contributed by atoms with E-state index in [1.165, 1.54) is 0 Å². The Kier molecular flexibility index (Phi) is 5.83. The van der Waals surface area contributed by atoms with Crippen molar-refractivity contribution in [3.63, 3.8) is 0 Å². The van der Waals surface area contributed by atoms with Crippen LogP contribution in [0.1, 0.15) is 50.4 Å². The van der Waals surface area contributed by atoms with Crippen LogP contribution in [0.5, 0.6) is 0 Å². The largest absolute Gasteiger partial charge is 0.390 e. The molecule has 2 N–H and O–H groups in total. The Hall–Kier alpha value is -1.06. The molecular weight excluding hydrogens is 262 g/mol. The third-order valence-electron chi connectivity index (χ3n) is 2.91. The Morgan fingerprint density at radius 2 is 1.95 bits per heavy atom. The monoisotopic (exact) mass is 283 g/mol. The third-order valence-corrected chi connectivity index (χ3v) is 3.16. The number of carbonyl (C=O) groups excluding carboxylic acids is 1. The van der Waals surface area contributed by atoms with E-state index in [1.54, 1.807) is 38.1 Å². The molecule has 1 unspecified atom stereocenters. The lowest BCUT2D eigenvalue weighted by Crippen LogP contribution is -2.32. The zero-order chi connectivity index (χ0) is 14.5. The van der Waals surface area contributed by atoms with E-state index < -0.39 is 5.60 Å². The summed E-state index contributed by atoms with van der Waals surface area (Å²) in [5.74, 6) is -0.0903. The lowest BCUT2D eigenvalue weighted by Gasteiger charge is -2.19. The maximum atomic E-state index is 11.9. The van der Waals surface area contributed by atoms with Crippen LogP contribution in [-0.2, 0) is 0 Å². The van der Waals surface area contributed by atoms with Crippen molar-refractivity contribution in [3.05, 3.63) is 34.9 Å². The fourth-order valence-electron chi connectivity index (χ4n) is 1.82. The second-order valence-corrected chi connectivity index (χ2v) is 6.02. The summed E-state index contributed by atoms with van der Waals surface area (Å²) in [4.78, 5) is 11.9. The van der Waals surface area contributed by atoms with E-state index in [0.717, 1.165) is 19.3 Å². The van der Waals surface area contributed by atoms with E-state index in [9.17, 15) is 9.90 Å². The van der Waals surface area contributed by atoms with Crippen LogP contribution < -0.4 is 5.32 Å². The molecule has 0 heterocycles. The van der Waals surface area contributed by atoms with Crippen molar-refractivity contribution in [1.29, 1.82) is 0 Å². The van der Waals surface area contributed by atoms with Gasteiger partial charge in [0.15, 0.2) is 0 Å². The van der Waals surface area contributed by atoms with Gasteiger partial charge >= 0.3 is 0 Å². The van der Waals surface area contributed by atoms with Gasteiger partial charge in [0.2, 0.25) is 0 Å². The molecule has 0 aromatic heterocycles. The molecule has 4 heteroatoms. The molecule has 1 aromatic rings. The Morgan fingerprint density at radius 3 is 2.47 bits per heavy atom. The first-order chi connectivity index (χ1) is 8.78. The van der Waals surface area contributed by atoms with E-state index >= 15 is 0 Å². The average molecular weight is 284 g/mol. The molecule has 19 heavy (non-hydrogen) atoms. The fourth-order valence-corrected chi connectivity index (χ4v) is 1.95. The summed E-state index contributed by atoms with van der Waals surface area (Å²) in [6.07, 6.45) is 2.46. The summed E-state index contributed by atoms with van der Waals surface area (Å²) in [6, 6.07) is 6.92. The summed E-state index contributed by atoms with van der Waals surface area (Å²) in [6.45, 7) is 5.56. The predicted octanol–water partition coefficient (Wildman–Crippen LogP) is 3.40. The first kappa shape index (κ1) is 16.0. The first-order valence-corrected chi connectivity index (χ1v) is 6.94. The minimum absolute atomic E-state index is 0.0885. The van der Waals surface area contributed by atoms with Crippen molar-refractivity contribution in [2.45, 2.75) is 51.7 Å². The Balaban J connectivity index is 2.38. The minimum atomic E-state index is -0.639. The lowest BCUT2D eigenvalue weighted by molar-refractivity contribution is 0.0674. The maximum Gasteiger partial charge on any atom is 0.251 e. The van der Waals surface area contributed by atoms with Gasteiger partial charge in [-0.3, -0.25) is 4.79 Å². The highest BCUT2D eigenvalue weighted by molar-refractivity contribution is 6.30. The number of halogens is 1. The summed E-state index contributed by atoms with van der Waals surface area (Å²) < 4.78 is 0. The van der Waals surface area contributed by atoms with Gasteiger partial charge in [0.25, 0.3) is 5.91 Å². The van der Waals surface area contributed by atoms with Gasteiger partial charge < -0.3 is 10.4 Å². The molecule has 0 aliphatic carbocycles. The Bertz CT molecular complexity index is 409. The van der Waals surface area contributed by atoms with Gasteiger partial charge in [-0.1, -0.05) is 11.6 Å². The zero-order valence-electron chi connectivity index (χ0n) is 11.7.